The highest BCUT2D eigenvalue weighted by Gasteiger charge is 2.31. The van der Waals surface area contributed by atoms with Gasteiger partial charge in [0.2, 0.25) is 5.88 Å². The fourth-order valence-corrected chi connectivity index (χ4v) is 3.48. The number of amides is 1. The first-order chi connectivity index (χ1) is 18.2. The first kappa shape index (κ1) is 26.5. The van der Waals surface area contributed by atoms with Crippen LogP contribution in [0.4, 0.5) is 13.2 Å². The molecular formula is C25H24F3N5O5. The van der Waals surface area contributed by atoms with Crippen LogP contribution in [0.3, 0.4) is 0 Å². The SMILES string of the molecule is COc1ccc(-c2nnc3ccc(OCCNC(=O)C(C)Oc4cccc(C(F)(F)F)c4)nn23)c(OC)c1. The number of fused-ring (bicyclic) bond motifs is 1. The first-order valence-electron chi connectivity index (χ1n) is 11.4. The lowest BCUT2D eigenvalue weighted by Crippen LogP contribution is -2.38. The highest BCUT2D eigenvalue weighted by molar-refractivity contribution is 5.80. The van der Waals surface area contributed by atoms with Crippen molar-refractivity contribution >= 4 is 11.6 Å². The van der Waals surface area contributed by atoms with Crippen LogP contribution in [0, 0.1) is 0 Å². The molecule has 1 atom stereocenters. The number of hydrogen-bond acceptors (Lipinski definition) is 8. The van der Waals surface area contributed by atoms with Crippen molar-refractivity contribution in [2.45, 2.75) is 19.2 Å². The number of rotatable bonds is 10. The number of carbonyl (C=O) groups excluding carboxylic acids is 1. The average Bonchev–Trinajstić information content (AvgIpc) is 3.33. The van der Waals surface area contributed by atoms with Crippen LogP contribution in [0.15, 0.2) is 54.6 Å². The Morgan fingerprint density at radius 3 is 2.58 bits per heavy atom. The van der Waals surface area contributed by atoms with Crippen molar-refractivity contribution in [3.63, 3.8) is 0 Å². The lowest BCUT2D eigenvalue weighted by molar-refractivity contribution is -0.137. The van der Waals surface area contributed by atoms with Gasteiger partial charge in [0.25, 0.3) is 5.91 Å². The zero-order valence-electron chi connectivity index (χ0n) is 20.7. The van der Waals surface area contributed by atoms with Crippen molar-refractivity contribution in [2.24, 2.45) is 0 Å². The largest absolute Gasteiger partial charge is 0.497 e. The van der Waals surface area contributed by atoms with Gasteiger partial charge in [-0.2, -0.15) is 17.7 Å². The number of hydrogen-bond donors (Lipinski definition) is 1. The van der Waals surface area contributed by atoms with Crippen molar-refractivity contribution in [1.29, 1.82) is 0 Å². The minimum Gasteiger partial charge on any atom is -0.497 e. The second-order valence-corrected chi connectivity index (χ2v) is 7.96. The maximum atomic E-state index is 12.9. The van der Waals surface area contributed by atoms with Gasteiger partial charge in [0, 0.05) is 12.1 Å². The highest BCUT2D eigenvalue weighted by atomic mass is 19.4. The van der Waals surface area contributed by atoms with Gasteiger partial charge in [0.1, 0.15) is 23.9 Å². The fraction of sp³-hybridized carbons (Fsp3) is 0.280. The minimum absolute atomic E-state index is 0.0607. The van der Waals surface area contributed by atoms with Gasteiger partial charge in [0.05, 0.1) is 31.9 Å². The quantitative estimate of drug-likeness (QED) is 0.308. The molecule has 10 nitrogen and oxygen atoms in total. The van der Waals surface area contributed by atoms with Crippen LogP contribution in [-0.2, 0) is 11.0 Å². The van der Waals surface area contributed by atoms with E-state index in [-0.39, 0.29) is 24.8 Å². The number of ether oxygens (including phenoxy) is 4. The molecule has 4 aromatic rings. The second-order valence-electron chi connectivity index (χ2n) is 7.96. The van der Waals surface area contributed by atoms with E-state index in [0.717, 1.165) is 12.1 Å². The number of alkyl halides is 3. The summed E-state index contributed by atoms with van der Waals surface area (Å²) in [5.74, 6) is 1.26. The molecule has 2 aromatic heterocycles. The van der Waals surface area contributed by atoms with Crippen LogP contribution >= 0.6 is 0 Å². The molecule has 200 valence electrons. The van der Waals surface area contributed by atoms with E-state index in [2.05, 4.69) is 20.6 Å². The molecule has 0 saturated carbocycles. The number of methoxy groups -OCH3 is 2. The summed E-state index contributed by atoms with van der Waals surface area (Å²) in [4.78, 5) is 12.3. The number of aromatic nitrogens is 4. The van der Waals surface area contributed by atoms with Gasteiger partial charge in [0.15, 0.2) is 17.6 Å². The molecule has 0 spiro atoms. The molecule has 0 bridgehead atoms. The molecule has 38 heavy (non-hydrogen) atoms. The molecule has 13 heteroatoms. The second kappa shape index (κ2) is 11.2. The zero-order valence-corrected chi connectivity index (χ0v) is 20.7. The molecule has 1 unspecified atom stereocenters. The topological polar surface area (TPSA) is 109 Å². The van der Waals surface area contributed by atoms with E-state index in [1.54, 1.807) is 37.4 Å². The maximum absolute atomic E-state index is 12.9. The molecule has 0 aliphatic heterocycles. The Morgan fingerprint density at radius 1 is 1.03 bits per heavy atom. The van der Waals surface area contributed by atoms with Crippen LogP contribution in [0.5, 0.6) is 23.1 Å². The van der Waals surface area contributed by atoms with E-state index < -0.39 is 23.8 Å². The number of halogens is 3. The molecule has 0 radical (unpaired) electrons. The maximum Gasteiger partial charge on any atom is 0.416 e. The summed E-state index contributed by atoms with van der Waals surface area (Å²) in [6.45, 7) is 1.62. The van der Waals surface area contributed by atoms with Crippen molar-refractivity contribution in [3.05, 3.63) is 60.2 Å². The molecule has 0 aliphatic carbocycles. The van der Waals surface area contributed by atoms with Gasteiger partial charge in [-0.25, -0.2) is 0 Å². The third-order valence-corrected chi connectivity index (χ3v) is 5.38. The lowest BCUT2D eigenvalue weighted by atomic mass is 10.2. The van der Waals surface area contributed by atoms with E-state index in [1.165, 1.54) is 30.7 Å². The van der Waals surface area contributed by atoms with Crippen LogP contribution in [0.2, 0.25) is 0 Å². The van der Waals surface area contributed by atoms with Gasteiger partial charge in [-0.15, -0.1) is 15.3 Å². The van der Waals surface area contributed by atoms with E-state index >= 15 is 0 Å². The van der Waals surface area contributed by atoms with Gasteiger partial charge >= 0.3 is 6.18 Å². The number of nitrogens with one attached hydrogen (secondary N) is 1. The predicted molar refractivity (Wildman–Crippen MR) is 129 cm³/mol. The van der Waals surface area contributed by atoms with Gasteiger partial charge in [-0.05, 0) is 43.3 Å². The monoisotopic (exact) mass is 531 g/mol. The number of carbonyl (C=O) groups is 1. The van der Waals surface area contributed by atoms with E-state index in [0.29, 0.717) is 28.5 Å². The van der Waals surface area contributed by atoms with Gasteiger partial charge in [-0.3, -0.25) is 4.79 Å². The number of benzene rings is 2. The van der Waals surface area contributed by atoms with Crippen molar-refractivity contribution in [3.8, 4) is 34.5 Å². The van der Waals surface area contributed by atoms with E-state index in [9.17, 15) is 18.0 Å². The summed E-state index contributed by atoms with van der Waals surface area (Å²) in [6.07, 6.45) is -5.53. The predicted octanol–water partition coefficient (Wildman–Crippen LogP) is 3.79. The van der Waals surface area contributed by atoms with Crippen LogP contribution < -0.4 is 24.3 Å². The normalized spacial score (nSPS) is 12.2. The van der Waals surface area contributed by atoms with Crippen LogP contribution in [0.1, 0.15) is 12.5 Å². The van der Waals surface area contributed by atoms with Crippen molar-refractivity contribution in [1.82, 2.24) is 25.1 Å². The lowest BCUT2D eigenvalue weighted by Gasteiger charge is -2.16. The molecule has 0 aliphatic rings. The molecular weight excluding hydrogens is 507 g/mol. The number of nitrogens with zero attached hydrogens (tertiary/aromatic N) is 4. The third-order valence-electron chi connectivity index (χ3n) is 5.38. The molecule has 0 saturated heterocycles. The minimum atomic E-state index is -4.51. The molecule has 0 fully saturated rings. The van der Waals surface area contributed by atoms with Crippen molar-refractivity contribution in [2.75, 3.05) is 27.4 Å². The Morgan fingerprint density at radius 2 is 1.84 bits per heavy atom. The molecule has 2 aromatic carbocycles. The van der Waals surface area contributed by atoms with Gasteiger partial charge < -0.3 is 24.3 Å². The van der Waals surface area contributed by atoms with Crippen LogP contribution in [0.25, 0.3) is 17.0 Å². The standard InChI is InChI=1S/C25H24F3N5O5/c1-15(38-18-6-4-5-16(13-18)25(26,27)28)24(34)29-11-12-37-22-10-9-21-30-31-23(33(21)32-22)19-8-7-17(35-2)14-20(19)36-3/h4-10,13-15H,11-12H2,1-3H3,(H,29,34). The Bertz CT molecular complexity index is 1430. The Balaban J connectivity index is 1.35. The smallest absolute Gasteiger partial charge is 0.416 e. The van der Waals surface area contributed by atoms with E-state index in [1.807, 2.05) is 0 Å². The van der Waals surface area contributed by atoms with Crippen molar-refractivity contribution < 1.29 is 36.9 Å². The fourth-order valence-electron chi connectivity index (χ4n) is 3.48. The van der Waals surface area contributed by atoms with Crippen LogP contribution in [-0.4, -0.2) is 59.2 Å². The Hall–Kier alpha value is -4.55. The summed E-state index contributed by atoms with van der Waals surface area (Å²) in [5, 5.41) is 15.4. The highest BCUT2D eigenvalue weighted by Crippen LogP contribution is 2.33. The summed E-state index contributed by atoms with van der Waals surface area (Å²) < 4.78 is 61.8. The molecule has 4 rings (SSSR count). The van der Waals surface area contributed by atoms with Gasteiger partial charge in [-0.1, -0.05) is 6.07 Å². The summed E-state index contributed by atoms with van der Waals surface area (Å²) >= 11 is 0. The Kier molecular flexibility index (Phi) is 7.84. The van der Waals surface area contributed by atoms with E-state index in [4.69, 9.17) is 18.9 Å². The summed E-state index contributed by atoms with van der Waals surface area (Å²) in [6, 6.07) is 12.9. The first-order valence-corrected chi connectivity index (χ1v) is 11.4. The Labute approximate surface area is 215 Å². The zero-order chi connectivity index (χ0) is 27.3. The molecule has 1 amide bonds. The average molecular weight is 531 g/mol. The summed E-state index contributed by atoms with van der Waals surface area (Å²) in [5.41, 5.74) is 0.272. The summed E-state index contributed by atoms with van der Waals surface area (Å²) in [7, 11) is 3.09. The third kappa shape index (κ3) is 6.05. The molecule has 2 heterocycles. The molecule has 1 N–H and O–H groups in total.